The summed E-state index contributed by atoms with van der Waals surface area (Å²) in [7, 11) is 3.71. The molecule has 1 aliphatic heterocycles. The van der Waals surface area contributed by atoms with Crippen LogP contribution in [0.25, 0.3) is 0 Å². The van der Waals surface area contributed by atoms with Crippen LogP contribution in [0.4, 0.5) is 5.82 Å². The van der Waals surface area contributed by atoms with Gasteiger partial charge in [0.2, 0.25) is 0 Å². The van der Waals surface area contributed by atoms with E-state index in [0.717, 1.165) is 38.5 Å². The van der Waals surface area contributed by atoms with Crippen molar-refractivity contribution in [1.29, 1.82) is 0 Å². The molecule has 0 aliphatic carbocycles. The fourth-order valence-corrected chi connectivity index (χ4v) is 2.26. The van der Waals surface area contributed by atoms with E-state index in [4.69, 9.17) is 4.74 Å². The molecule has 1 aromatic rings. The zero-order chi connectivity index (χ0) is 12.8. The van der Waals surface area contributed by atoms with E-state index >= 15 is 0 Å². The summed E-state index contributed by atoms with van der Waals surface area (Å²) < 4.78 is 5.17. The average Bonchev–Trinajstić information content (AvgIpc) is 2.41. The van der Waals surface area contributed by atoms with Crippen molar-refractivity contribution in [1.82, 2.24) is 10.3 Å². The minimum atomic E-state index is 0.749. The number of nitrogens with one attached hydrogen (secondary N) is 1. The minimum Gasteiger partial charge on any atom is -0.380 e. The molecule has 0 fully saturated rings. The number of aromatic nitrogens is 1. The Labute approximate surface area is 109 Å². The molecule has 0 saturated heterocycles. The highest BCUT2D eigenvalue weighted by Gasteiger charge is 2.15. The van der Waals surface area contributed by atoms with Crippen LogP contribution in [-0.2, 0) is 11.3 Å². The number of methoxy groups -OCH3 is 1. The average molecular weight is 247 g/mol. The van der Waals surface area contributed by atoms with Crippen LogP contribution in [0.3, 0.4) is 0 Å². The summed E-state index contributed by atoms with van der Waals surface area (Å²) in [6.45, 7) is 3.54. The maximum Gasteiger partial charge on any atom is 0.133 e. The van der Waals surface area contributed by atoms with Gasteiger partial charge in [0, 0.05) is 38.5 Å². The number of nitrogens with zero attached hydrogens (tertiary/aromatic N) is 2. The maximum absolute atomic E-state index is 5.17. The van der Waals surface area contributed by atoms with Gasteiger partial charge in [-0.15, -0.1) is 0 Å². The van der Waals surface area contributed by atoms with Crippen molar-refractivity contribution < 1.29 is 4.74 Å². The van der Waals surface area contributed by atoms with Gasteiger partial charge in [-0.3, -0.25) is 0 Å². The van der Waals surface area contributed by atoms with Gasteiger partial charge in [0.15, 0.2) is 0 Å². The van der Waals surface area contributed by atoms with Gasteiger partial charge >= 0.3 is 0 Å². The quantitative estimate of drug-likeness (QED) is 0.802. The van der Waals surface area contributed by atoms with Crippen molar-refractivity contribution in [2.75, 3.05) is 38.8 Å². The van der Waals surface area contributed by atoms with Crippen LogP contribution in [0, 0.1) is 0 Å². The Kier molecular flexibility index (Phi) is 4.73. The Morgan fingerprint density at radius 2 is 2.39 bits per heavy atom. The second kappa shape index (κ2) is 6.52. The summed E-state index contributed by atoms with van der Waals surface area (Å²) in [5.74, 6) is 1.10. The molecular formula is C14H21N3O. The first-order valence-corrected chi connectivity index (χ1v) is 6.35. The molecule has 4 nitrogen and oxygen atoms in total. The highest BCUT2D eigenvalue weighted by atomic mass is 16.5. The molecule has 2 heterocycles. The third-order valence-corrected chi connectivity index (χ3v) is 3.17. The minimum absolute atomic E-state index is 0.749. The number of ether oxygens (including phenoxy) is 1. The Hall–Kier alpha value is -1.39. The lowest BCUT2D eigenvalue weighted by Gasteiger charge is -2.29. The summed E-state index contributed by atoms with van der Waals surface area (Å²) in [6.07, 6.45) is 5.18. The highest BCUT2D eigenvalue weighted by Crippen LogP contribution is 2.21. The molecule has 0 bridgehead atoms. The van der Waals surface area contributed by atoms with Crippen LogP contribution < -0.4 is 10.2 Å². The summed E-state index contributed by atoms with van der Waals surface area (Å²) >= 11 is 0. The molecule has 0 saturated carbocycles. The van der Waals surface area contributed by atoms with E-state index in [2.05, 4.69) is 27.3 Å². The molecule has 98 valence electrons. The molecule has 0 spiro atoms. The molecule has 1 aromatic heterocycles. The summed E-state index contributed by atoms with van der Waals surface area (Å²) in [5, 5.41) is 3.19. The lowest BCUT2D eigenvalue weighted by Crippen LogP contribution is -2.31. The van der Waals surface area contributed by atoms with E-state index in [1.807, 2.05) is 19.3 Å². The van der Waals surface area contributed by atoms with Crippen LogP contribution >= 0.6 is 0 Å². The van der Waals surface area contributed by atoms with Gasteiger partial charge in [-0.1, -0.05) is 12.1 Å². The van der Waals surface area contributed by atoms with Crippen molar-refractivity contribution >= 4 is 5.82 Å². The molecule has 0 aromatic carbocycles. The lowest BCUT2D eigenvalue weighted by molar-refractivity contribution is 0.222. The Bertz CT molecular complexity index is 417. The van der Waals surface area contributed by atoms with Crippen LogP contribution in [0.5, 0.6) is 0 Å². The van der Waals surface area contributed by atoms with E-state index in [0.29, 0.717) is 0 Å². The smallest absolute Gasteiger partial charge is 0.133 e. The van der Waals surface area contributed by atoms with E-state index in [1.54, 1.807) is 7.11 Å². The number of hydrogen-bond donors (Lipinski definition) is 1. The first-order valence-electron chi connectivity index (χ1n) is 6.35. The maximum atomic E-state index is 5.17. The predicted octanol–water partition coefficient (Wildman–Crippen LogP) is 1.58. The fourth-order valence-electron chi connectivity index (χ4n) is 2.26. The summed E-state index contributed by atoms with van der Waals surface area (Å²) in [5.41, 5.74) is 2.64. The second-order valence-electron chi connectivity index (χ2n) is 4.51. The molecule has 18 heavy (non-hydrogen) atoms. The molecule has 0 atom stereocenters. The predicted molar refractivity (Wildman–Crippen MR) is 73.8 cm³/mol. The molecule has 0 unspecified atom stereocenters. The van der Waals surface area contributed by atoms with Crippen molar-refractivity contribution in [3.8, 4) is 0 Å². The monoisotopic (exact) mass is 247 g/mol. The normalized spacial score (nSPS) is 15.7. The fraction of sp³-hybridized carbons (Fsp3) is 0.500. The summed E-state index contributed by atoms with van der Waals surface area (Å²) in [6, 6.07) is 4.12. The number of pyridine rings is 1. The molecule has 2 rings (SSSR count). The first-order chi connectivity index (χ1) is 8.85. The van der Waals surface area contributed by atoms with E-state index in [9.17, 15) is 0 Å². The lowest BCUT2D eigenvalue weighted by atomic mass is 10.1. The molecular weight excluding hydrogens is 226 g/mol. The van der Waals surface area contributed by atoms with Crippen molar-refractivity contribution in [3.05, 3.63) is 35.5 Å². The van der Waals surface area contributed by atoms with E-state index < -0.39 is 0 Å². The van der Waals surface area contributed by atoms with Crippen LogP contribution in [0.15, 0.2) is 30.0 Å². The van der Waals surface area contributed by atoms with Gasteiger partial charge in [0.25, 0.3) is 0 Å². The van der Waals surface area contributed by atoms with Crippen molar-refractivity contribution in [2.45, 2.75) is 13.0 Å². The van der Waals surface area contributed by atoms with Crippen LogP contribution in [0.2, 0.25) is 0 Å². The van der Waals surface area contributed by atoms with Gasteiger partial charge < -0.3 is 15.0 Å². The topological polar surface area (TPSA) is 37.4 Å². The number of rotatable bonds is 5. The Morgan fingerprint density at radius 3 is 3.06 bits per heavy atom. The van der Waals surface area contributed by atoms with Crippen molar-refractivity contribution in [2.24, 2.45) is 0 Å². The van der Waals surface area contributed by atoms with Gasteiger partial charge in [-0.25, -0.2) is 4.98 Å². The SMILES string of the molecule is CNCc1cccnc1N1CC=C(COC)CC1. The standard InChI is InChI=1S/C14H21N3O/c1-15-10-13-4-3-7-16-14(13)17-8-5-12(6-9-17)11-18-2/h3-5,7,15H,6,8-11H2,1-2H3. The van der Waals surface area contributed by atoms with Gasteiger partial charge in [0.05, 0.1) is 6.61 Å². The van der Waals surface area contributed by atoms with E-state index in [-0.39, 0.29) is 0 Å². The van der Waals surface area contributed by atoms with Gasteiger partial charge in [-0.2, -0.15) is 0 Å². The third kappa shape index (κ3) is 3.09. The highest BCUT2D eigenvalue weighted by molar-refractivity contribution is 5.48. The third-order valence-electron chi connectivity index (χ3n) is 3.17. The zero-order valence-corrected chi connectivity index (χ0v) is 11.1. The number of anilines is 1. The molecule has 1 aliphatic rings. The molecule has 0 radical (unpaired) electrons. The van der Waals surface area contributed by atoms with Gasteiger partial charge in [0.1, 0.15) is 5.82 Å². The molecule has 4 heteroatoms. The Balaban J connectivity index is 2.09. The number of hydrogen-bond acceptors (Lipinski definition) is 4. The first kappa shape index (κ1) is 13.1. The largest absolute Gasteiger partial charge is 0.380 e. The summed E-state index contributed by atoms with van der Waals surface area (Å²) in [4.78, 5) is 6.84. The van der Waals surface area contributed by atoms with Gasteiger partial charge in [-0.05, 0) is 25.1 Å². The zero-order valence-electron chi connectivity index (χ0n) is 11.1. The molecule has 1 N–H and O–H groups in total. The van der Waals surface area contributed by atoms with Crippen molar-refractivity contribution in [3.63, 3.8) is 0 Å². The molecule has 0 amide bonds. The van der Waals surface area contributed by atoms with Crippen LogP contribution in [0.1, 0.15) is 12.0 Å². The second-order valence-corrected chi connectivity index (χ2v) is 4.51. The van der Waals surface area contributed by atoms with Crippen LogP contribution in [-0.4, -0.2) is 38.8 Å². The Morgan fingerprint density at radius 1 is 1.50 bits per heavy atom. The van der Waals surface area contributed by atoms with E-state index in [1.165, 1.54) is 11.1 Å².